The zero-order valence-corrected chi connectivity index (χ0v) is 29.8. The van der Waals surface area contributed by atoms with Crippen molar-refractivity contribution in [2.45, 2.75) is 96.3 Å². The monoisotopic (exact) mass is 682 g/mol. The van der Waals surface area contributed by atoms with E-state index in [1.54, 1.807) is 0 Å². The lowest BCUT2D eigenvalue weighted by atomic mass is 9.80. The molecule has 3 fully saturated rings. The van der Waals surface area contributed by atoms with Gasteiger partial charge in [-0.25, -0.2) is 0 Å². The predicted molar refractivity (Wildman–Crippen MR) is 199 cm³/mol. The van der Waals surface area contributed by atoms with E-state index in [1.165, 1.54) is 22.3 Å². The Hall–Kier alpha value is -5.10. The van der Waals surface area contributed by atoms with Crippen molar-refractivity contribution in [3.05, 3.63) is 130 Å². The summed E-state index contributed by atoms with van der Waals surface area (Å²) in [4.78, 5) is 68.7. The molecule has 6 nitrogen and oxygen atoms in total. The molecule has 6 heteroatoms. The molecule has 0 amide bonds. The minimum atomic E-state index is 0.0485. The van der Waals surface area contributed by atoms with E-state index in [1.807, 2.05) is 67.6 Å². The fourth-order valence-corrected chi connectivity index (χ4v) is 7.39. The summed E-state index contributed by atoms with van der Waals surface area (Å²) in [7, 11) is 0. The maximum atomic E-state index is 11.6. The molecule has 0 aromatic heterocycles. The predicted octanol–water partition coefficient (Wildman–Crippen LogP) is 8.87. The molecule has 4 aromatic carbocycles. The molecule has 0 spiro atoms. The number of rotatable bonds is 4. The number of carbonyl (C=O) groups excluding carboxylic acids is 6. The topological polar surface area (TPSA) is 102 Å². The van der Waals surface area contributed by atoms with E-state index in [0.717, 1.165) is 22.3 Å². The molecule has 3 saturated carbocycles. The van der Waals surface area contributed by atoms with Crippen molar-refractivity contribution in [1.82, 2.24) is 0 Å². The Morgan fingerprint density at radius 3 is 1.35 bits per heavy atom. The van der Waals surface area contributed by atoms with Crippen LogP contribution in [0.1, 0.15) is 109 Å². The van der Waals surface area contributed by atoms with Gasteiger partial charge < -0.3 is 0 Å². The third-order valence-electron chi connectivity index (χ3n) is 10.1. The Morgan fingerprint density at radius 2 is 0.843 bits per heavy atom. The zero-order valence-electron chi connectivity index (χ0n) is 29.8. The van der Waals surface area contributed by atoms with Gasteiger partial charge in [0.05, 0.1) is 19.3 Å². The number of ketones is 6. The number of hydrogen-bond acceptors (Lipinski definition) is 6. The van der Waals surface area contributed by atoms with Crippen LogP contribution in [0.4, 0.5) is 0 Å². The maximum Gasteiger partial charge on any atom is 0.140 e. The first-order chi connectivity index (χ1) is 24.4. The van der Waals surface area contributed by atoms with Crippen LogP contribution in [0.25, 0.3) is 11.1 Å². The molecule has 262 valence electrons. The van der Waals surface area contributed by atoms with Crippen molar-refractivity contribution in [1.29, 1.82) is 0 Å². The molecular formula is C45H46O6. The smallest absolute Gasteiger partial charge is 0.140 e. The Kier molecular flexibility index (Phi) is 12.5. The van der Waals surface area contributed by atoms with Crippen LogP contribution in [0.5, 0.6) is 0 Å². The molecule has 0 unspecified atom stereocenters. The molecule has 0 bridgehead atoms. The van der Waals surface area contributed by atoms with Crippen molar-refractivity contribution in [2.75, 3.05) is 0 Å². The molecule has 0 aliphatic heterocycles. The fourth-order valence-electron chi connectivity index (χ4n) is 7.39. The molecule has 0 N–H and O–H groups in total. The molecule has 0 radical (unpaired) electrons. The highest BCUT2D eigenvalue weighted by atomic mass is 16.2. The average molecular weight is 683 g/mol. The van der Waals surface area contributed by atoms with Gasteiger partial charge in [0.1, 0.15) is 34.7 Å². The first-order valence-electron chi connectivity index (χ1n) is 17.8. The van der Waals surface area contributed by atoms with E-state index in [-0.39, 0.29) is 71.7 Å². The minimum absolute atomic E-state index is 0.0485. The van der Waals surface area contributed by atoms with E-state index < -0.39 is 0 Å². The van der Waals surface area contributed by atoms with E-state index in [4.69, 9.17) is 0 Å². The van der Waals surface area contributed by atoms with Gasteiger partial charge in [-0.2, -0.15) is 0 Å². The standard InChI is InChI=1S/C18H16O2.C14H16O2.C13H14O2/c19-17-10-16(11-18(20)12-17)15-8-4-7-14(9-15)13-5-2-1-3-6-13;1-9-4-3-5-14(10(9)2)11-6-12(15)8-13(16)7-11;1-9-3-2-4-10(5-9)11-6-12(14)8-13(15)7-11/h1-9,16H,10-12H2;3-5,11H,6-8H2,1-2H3;2-5,11H,6-8H2,1H3. The lowest BCUT2D eigenvalue weighted by Crippen LogP contribution is -2.21. The Morgan fingerprint density at radius 1 is 0.412 bits per heavy atom. The second-order valence-electron chi connectivity index (χ2n) is 14.3. The van der Waals surface area contributed by atoms with Gasteiger partial charge in [0, 0.05) is 38.5 Å². The molecule has 4 aromatic rings. The van der Waals surface area contributed by atoms with Gasteiger partial charge in [-0.3, -0.25) is 28.8 Å². The van der Waals surface area contributed by atoms with Crippen LogP contribution < -0.4 is 0 Å². The van der Waals surface area contributed by atoms with Crippen molar-refractivity contribution < 1.29 is 28.8 Å². The maximum absolute atomic E-state index is 11.6. The SMILES string of the molecule is Cc1cccc(C2CC(=O)CC(=O)C2)c1.Cc1cccc(C2CC(=O)CC(=O)C2)c1C.O=C1CC(=O)CC(c2cccc(-c3ccccc3)c2)C1. The van der Waals surface area contributed by atoms with E-state index in [2.05, 4.69) is 50.2 Å². The van der Waals surface area contributed by atoms with Crippen molar-refractivity contribution >= 4 is 34.7 Å². The number of Topliss-reactive ketones (excluding diaryl/α,β-unsaturated/α-hetero) is 6. The highest BCUT2D eigenvalue weighted by Crippen LogP contribution is 2.34. The Bertz CT molecular complexity index is 1890. The average Bonchev–Trinajstić information content (AvgIpc) is 3.09. The quantitative estimate of drug-likeness (QED) is 0.199. The first kappa shape index (κ1) is 37.2. The summed E-state index contributed by atoms with van der Waals surface area (Å²) in [5, 5.41) is 0. The zero-order chi connectivity index (χ0) is 36.5. The van der Waals surface area contributed by atoms with Gasteiger partial charge in [0.15, 0.2) is 0 Å². The van der Waals surface area contributed by atoms with Gasteiger partial charge in [-0.15, -0.1) is 0 Å². The number of hydrogen-bond donors (Lipinski definition) is 0. The van der Waals surface area contributed by atoms with Crippen LogP contribution in [0, 0.1) is 20.8 Å². The third-order valence-corrected chi connectivity index (χ3v) is 10.1. The highest BCUT2D eigenvalue weighted by Gasteiger charge is 2.29. The summed E-state index contributed by atoms with van der Waals surface area (Å²) in [6, 6.07) is 32.5. The summed E-state index contributed by atoms with van der Waals surface area (Å²) < 4.78 is 0. The molecule has 3 aliphatic rings. The fraction of sp³-hybridized carbons (Fsp3) is 0.333. The number of benzene rings is 4. The van der Waals surface area contributed by atoms with Crippen LogP contribution in [0.2, 0.25) is 0 Å². The number of carbonyl (C=O) groups is 6. The molecule has 3 aliphatic carbocycles. The van der Waals surface area contributed by atoms with Crippen LogP contribution in [-0.2, 0) is 28.8 Å². The normalized spacial score (nSPS) is 17.4. The number of aryl methyl sites for hydroxylation is 2. The second-order valence-corrected chi connectivity index (χ2v) is 14.3. The van der Waals surface area contributed by atoms with Crippen LogP contribution in [0.15, 0.2) is 97.1 Å². The van der Waals surface area contributed by atoms with Gasteiger partial charge in [-0.05, 0) is 77.5 Å². The molecule has 0 heterocycles. The lowest BCUT2D eigenvalue weighted by molar-refractivity contribution is -0.131. The van der Waals surface area contributed by atoms with Crippen LogP contribution >= 0.6 is 0 Å². The van der Waals surface area contributed by atoms with Gasteiger partial charge >= 0.3 is 0 Å². The Labute approximate surface area is 300 Å². The minimum Gasteiger partial charge on any atom is -0.299 e. The van der Waals surface area contributed by atoms with E-state index in [0.29, 0.717) is 38.5 Å². The summed E-state index contributed by atoms with van der Waals surface area (Å²) >= 11 is 0. The van der Waals surface area contributed by atoms with E-state index in [9.17, 15) is 28.8 Å². The summed E-state index contributed by atoms with van der Waals surface area (Å²) in [5.41, 5.74) is 9.29. The third kappa shape index (κ3) is 10.5. The summed E-state index contributed by atoms with van der Waals surface area (Å²) in [5.74, 6) is 0.729. The van der Waals surface area contributed by atoms with Crippen molar-refractivity contribution in [3.8, 4) is 11.1 Å². The van der Waals surface area contributed by atoms with Gasteiger partial charge in [0.25, 0.3) is 0 Å². The molecular weight excluding hydrogens is 636 g/mol. The first-order valence-corrected chi connectivity index (χ1v) is 17.8. The van der Waals surface area contributed by atoms with Gasteiger partial charge in [0.2, 0.25) is 0 Å². The van der Waals surface area contributed by atoms with Crippen LogP contribution in [0.3, 0.4) is 0 Å². The van der Waals surface area contributed by atoms with E-state index >= 15 is 0 Å². The Balaban J connectivity index is 0.000000150. The van der Waals surface area contributed by atoms with Crippen molar-refractivity contribution in [2.24, 2.45) is 0 Å². The molecule has 7 rings (SSSR count). The van der Waals surface area contributed by atoms with Gasteiger partial charge in [-0.1, -0.05) is 103 Å². The molecule has 51 heavy (non-hydrogen) atoms. The van der Waals surface area contributed by atoms with Crippen molar-refractivity contribution in [3.63, 3.8) is 0 Å². The molecule has 0 atom stereocenters. The second kappa shape index (κ2) is 17.2. The largest absolute Gasteiger partial charge is 0.299 e. The van der Waals surface area contributed by atoms with Crippen LogP contribution in [-0.4, -0.2) is 34.7 Å². The highest BCUT2D eigenvalue weighted by molar-refractivity contribution is 6.03. The summed E-state index contributed by atoms with van der Waals surface area (Å²) in [6.07, 6.45) is 3.48. The lowest BCUT2D eigenvalue weighted by Gasteiger charge is -2.22. The molecule has 0 saturated heterocycles. The summed E-state index contributed by atoms with van der Waals surface area (Å²) in [6.45, 7) is 6.15.